The number of aromatic hydroxyl groups is 1. The fourth-order valence-electron chi connectivity index (χ4n) is 1.13. The Hall–Kier alpha value is -1.50. The van der Waals surface area contributed by atoms with E-state index in [4.69, 9.17) is 21.0 Å². The van der Waals surface area contributed by atoms with E-state index in [1.165, 1.54) is 0 Å². The summed E-state index contributed by atoms with van der Waals surface area (Å²) in [7, 11) is 0. The van der Waals surface area contributed by atoms with E-state index in [0.717, 1.165) is 5.56 Å². The van der Waals surface area contributed by atoms with Gasteiger partial charge in [0.2, 0.25) is 0 Å². The van der Waals surface area contributed by atoms with Crippen LogP contribution in [0.1, 0.15) is 12.0 Å². The molecule has 0 aliphatic carbocycles. The SMILES string of the molecule is C#CCCOCCOCc1ccc(O)cc1. The van der Waals surface area contributed by atoms with Crippen molar-refractivity contribution in [1.29, 1.82) is 0 Å². The van der Waals surface area contributed by atoms with Gasteiger partial charge in [-0.3, -0.25) is 0 Å². The third kappa shape index (κ3) is 5.40. The van der Waals surface area contributed by atoms with Crippen molar-refractivity contribution >= 4 is 0 Å². The second-order valence-corrected chi connectivity index (χ2v) is 3.29. The molecule has 0 atom stereocenters. The van der Waals surface area contributed by atoms with Crippen molar-refractivity contribution in [3.05, 3.63) is 29.8 Å². The largest absolute Gasteiger partial charge is 0.508 e. The summed E-state index contributed by atoms with van der Waals surface area (Å²) < 4.78 is 10.6. The molecule has 0 saturated carbocycles. The third-order valence-electron chi connectivity index (χ3n) is 1.97. The fourth-order valence-corrected chi connectivity index (χ4v) is 1.13. The lowest BCUT2D eigenvalue weighted by Crippen LogP contribution is -2.04. The highest BCUT2D eigenvalue weighted by atomic mass is 16.5. The Morgan fingerprint density at radius 3 is 2.44 bits per heavy atom. The lowest BCUT2D eigenvalue weighted by atomic mass is 10.2. The molecule has 0 spiro atoms. The summed E-state index contributed by atoms with van der Waals surface area (Å²) in [4.78, 5) is 0. The molecule has 86 valence electrons. The summed E-state index contributed by atoms with van der Waals surface area (Å²) in [5.74, 6) is 2.77. The standard InChI is InChI=1S/C13H16O3/c1-2-3-8-15-9-10-16-11-12-4-6-13(14)7-5-12/h1,4-7,14H,3,8-11H2. The van der Waals surface area contributed by atoms with Gasteiger partial charge in [0.05, 0.1) is 26.4 Å². The zero-order valence-corrected chi connectivity index (χ0v) is 9.19. The van der Waals surface area contributed by atoms with Crippen LogP contribution in [-0.4, -0.2) is 24.9 Å². The Balaban J connectivity index is 2.03. The van der Waals surface area contributed by atoms with E-state index in [0.29, 0.717) is 32.8 Å². The van der Waals surface area contributed by atoms with Gasteiger partial charge in [0.1, 0.15) is 5.75 Å². The van der Waals surface area contributed by atoms with E-state index < -0.39 is 0 Å². The van der Waals surface area contributed by atoms with Crippen LogP contribution in [-0.2, 0) is 16.1 Å². The van der Waals surface area contributed by atoms with Crippen molar-refractivity contribution in [1.82, 2.24) is 0 Å². The Bertz CT molecular complexity index is 324. The highest BCUT2D eigenvalue weighted by Crippen LogP contribution is 2.10. The van der Waals surface area contributed by atoms with Gasteiger partial charge < -0.3 is 14.6 Å². The number of hydrogen-bond donors (Lipinski definition) is 1. The molecule has 0 aromatic heterocycles. The summed E-state index contributed by atoms with van der Waals surface area (Å²) in [5.41, 5.74) is 1.03. The lowest BCUT2D eigenvalue weighted by molar-refractivity contribution is 0.0426. The maximum Gasteiger partial charge on any atom is 0.115 e. The predicted molar refractivity (Wildman–Crippen MR) is 62.0 cm³/mol. The molecule has 0 fully saturated rings. The molecule has 0 heterocycles. The van der Waals surface area contributed by atoms with Crippen molar-refractivity contribution in [2.24, 2.45) is 0 Å². The molecule has 1 N–H and O–H groups in total. The first-order valence-corrected chi connectivity index (χ1v) is 5.20. The number of benzene rings is 1. The number of rotatable bonds is 7. The molecule has 3 heteroatoms. The summed E-state index contributed by atoms with van der Waals surface area (Å²) in [6.45, 7) is 2.21. The van der Waals surface area contributed by atoms with Crippen LogP contribution in [0.15, 0.2) is 24.3 Å². The third-order valence-corrected chi connectivity index (χ3v) is 1.97. The summed E-state index contributed by atoms with van der Waals surface area (Å²) in [5, 5.41) is 9.07. The maximum atomic E-state index is 9.07. The second-order valence-electron chi connectivity index (χ2n) is 3.29. The minimum absolute atomic E-state index is 0.265. The maximum absolute atomic E-state index is 9.07. The van der Waals surface area contributed by atoms with Gasteiger partial charge in [0.15, 0.2) is 0 Å². The van der Waals surface area contributed by atoms with Crippen LogP contribution in [0.25, 0.3) is 0 Å². The van der Waals surface area contributed by atoms with Crippen LogP contribution >= 0.6 is 0 Å². The second kappa shape index (κ2) is 7.75. The van der Waals surface area contributed by atoms with E-state index in [9.17, 15) is 0 Å². The van der Waals surface area contributed by atoms with Crippen molar-refractivity contribution in [3.63, 3.8) is 0 Å². The lowest BCUT2D eigenvalue weighted by Gasteiger charge is -2.05. The first-order valence-electron chi connectivity index (χ1n) is 5.20. The highest BCUT2D eigenvalue weighted by Gasteiger charge is 1.94. The van der Waals surface area contributed by atoms with Gasteiger partial charge in [-0.05, 0) is 17.7 Å². The minimum atomic E-state index is 0.265. The molecule has 0 aliphatic heterocycles. The molecule has 0 aliphatic rings. The number of phenols is 1. The molecule has 0 unspecified atom stereocenters. The molecule has 0 bridgehead atoms. The molecule has 0 amide bonds. The molecular weight excluding hydrogens is 204 g/mol. The number of ether oxygens (including phenoxy) is 2. The van der Waals surface area contributed by atoms with Crippen molar-refractivity contribution in [3.8, 4) is 18.1 Å². The van der Waals surface area contributed by atoms with Gasteiger partial charge in [-0.1, -0.05) is 12.1 Å². The van der Waals surface area contributed by atoms with E-state index in [1.54, 1.807) is 12.1 Å². The smallest absolute Gasteiger partial charge is 0.115 e. The van der Waals surface area contributed by atoms with E-state index >= 15 is 0 Å². The van der Waals surface area contributed by atoms with Gasteiger partial charge in [0.25, 0.3) is 0 Å². The average molecular weight is 220 g/mol. The first kappa shape index (κ1) is 12.6. The van der Waals surface area contributed by atoms with Crippen LogP contribution in [0.2, 0.25) is 0 Å². The normalized spacial score (nSPS) is 9.94. The van der Waals surface area contributed by atoms with Crippen LogP contribution < -0.4 is 0 Å². The number of hydrogen-bond acceptors (Lipinski definition) is 3. The molecule has 1 aromatic rings. The van der Waals surface area contributed by atoms with Gasteiger partial charge in [-0.25, -0.2) is 0 Å². The van der Waals surface area contributed by atoms with Gasteiger partial charge in [0, 0.05) is 6.42 Å². The summed E-state index contributed by atoms with van der Waals surface area (Å²) in [6.07, 6.45) is 5.71. The van der Waals surface area contributed by atoms with E-state index in [2.05, 4.69) is 5.92 Å². The molecule has 0 saturated heterocycles. The minimum Gasteiger partial charge on any atom is -0.508 e. The topological polar surface area (TPSA) is 38.7 Å². The Labute approximate surface area is 96.0 Å². The number of terminal acetylenes is 1. The Kier molecular flexibility index (Phi) is 6.09. The van der Waals surface area contributed by atoms with Gasteiger partial charge in [-0.2, -0.15) is 0 Å². The van der Waals surface area contributed by atoms with Crippen molar-refractivity contribution in [2.45, 2.75) is 13.0 Å². The Morgan fingerprint density at radius 2 is 1.75 bits per heavy atom. The monoisotopic (exact) mass is 220 g/mol. The molecule has 16 heavy (non-hydrogen) atoms. The molecule has 1 aromatic carbocycles. The van der Waals surface area contributed by atoms with Crippen molar-refractivity contribution in [2.75, 3.05) is 19.8 Å². The van der Waals surface area contributed by atoms with Crippen LogP contribution in [0.5, 0.6) is 5.75 Å². The van der Waals surface area contributed by atoms with E-state index in [-0.39, 0.29) is 5.75 Å². The molecule has 0 radical (unpaired) electrons. The van der Waals surface area contributed by atoms with Crippen molar-refractivity contribution < 1.29 is 14.6 Å². The van der Waals surface area contributed by atoms with Crippen LogP contribution in [0, 0.1) is 12.3 Å². The zero-order chi connectivity index (χ0) is 11.6. The Morgan fingerprint density at radius 1 is 1.06 bits per heavy atom. The molecule has 1 rings (SSSR count). The average Bonchev–Trinajstić information content (AvgIpc) is 2.30. The summed E-state index contributed by atoms with van der Waals surface area (Å²) >= 11 is 0. The predicted octanol–water partition coefficient (Wildman–Crippen LogP) is 1.95. The zero-order valence-electron chi connectivity index (χ0n) is 9.19. The first-order chi connectivity index (χ1) is 7.83. The quantitative estimate of drug-likeness (QED) is 0.564. The number of phenolic OH excluding ortho intramolecular Hbond substituents is 1. The van der Waals surface area contributed by atoms with Crippen LogP contribution in [0.3, 0.4) is 0 Å². The van der Waals surface area contributed by atoms with Crippen LogP contribution in [0.4, 0.5) is 0 Å². The van der Waals surface area contributed by atoms with Gasteiger partial charge in [-0.15, -0.1) is 12.3 Å². The molecular formula is C13H16O3. The highest BCUT2D eigenvalue weighted by molar-refractivity contribution is 5.25. The summed E-state index contributed by atoms with van der Waals surface area (Å²) in [6, 6.07) is 6.94. The fraction of sp³-hybridized carbons (Fsp3) is 0.385. The molecule has 3 nitrogen and oxygen atoms in total. The van der Waals surface area contributed by atoms with Gasteiger partial charge >= 0.3 is 0 Å². The van der Waals surface area contributed by atoms with E-state index in [1.807, 2.05) is 12.1 Å².